The molecular weight excluding hydrogens is 295 g/mol. The van der Waals surface area contributed by atoms with Gasteiger partial charge in [0.1, 0.15) is 5.82 Å². The van der Waals surface area contributed by atoms with Crippen LogP contribution in [0.1, 0.15) is 5.56 Å². The predicted molar refractivity (Wildman–Crippen MR) is 79.1 cm³/mol. The normalized spacial score (nSPS) is 11.0. The van der Waals surface area contributed by atoms with E-state index < -0.39 is 10.7 Å². The molecule has 3 rings (SSSR count). The highest BCUT2D eigenvalue weighted by atomic mass is 35.5. The Bertz CT molecular complexity index is 845. The van der Waals surface area contributed by atoms with E-state index in [0.29, 0.717) is 6.54 Å². The first-order valence-corrected chi connectivity index (χ1v) is 6.59. The zero-order valence-corrected chi connectivity index (χ0v) is 11.5. The Kier molecular flexibility index (Phi) is 3.35. The number of nitro groups is 1. The van der Waals surface area contributed by atoms with Crippen molar-refractivity contribution in [2.45, 2.75) is 6.54 Å². The number of benzene rings is 2. The summed E-state index contributed by atoms with van der Waals surface area (Å²) in [6.07, 6.45) is 1.84. The fourth-order valence-corrected chi connectivity index (χ4v) is 2.46. The molecule has 0 saturated carbocycles. The molecule has 0 aliphatic rings. The first kappa shape index (κ1) is 13.6. The molecule has 21 heavy (non-hydrogen) atoms. The van der Waals surface area contributed by atoms with Crippen LogP contribution in [0.5, 0.6) is 0 Å². The molecule has 0 radical (unpaired) electrons. The molecule has 2 aromatic carbocycles. The molecule has 3 aromatic rings. The van der Waals surface area contributed by atoms with E-state index in [-0.39, 0.29) is 10.7 Å². The van der Waals surface area contributed by atoms with Crippen molar-refractivity contribution in [2.24, 2.45) is 0 Å². The second kappa shape index (κ2) is 5.18. The van der Waals surface area contributed by atoms with Gasteiger partial charge in [0, 0.05) is 30.3 Å². The van der Waals surface area contributed by atoms with E-state index in [1.54, 1.807) is 18.2 Å². The average Bonchev–Trinajstić information content (AvgIpc) is 2.85. The second-order valence-corrected chi connectivity index (χ2v) is 5.10. The van der Waals surface area contributed by atoms with Crippen molar-refractivity contribution >= 4 is 28.2 Å². The number of halogens is 2. The first-order valence-electron chi connectivity index (χ1n) is 6.22. The van der Waals surface area contributed by atoms with Gasteiger partial charge in [-0.1, -0.05) is 17.7 Å². The smallest absolute Gasteiger partial charge is 0.271 e. The summed E-state index contributed by atoms with van der Waals surface area (Å²) in [6.45, 7) is 0.463. The number of aromatic nitrogens is 1. The van der Waals surface area contributed by atoms with E-state index in [4.69, 9.17) is 11.6 Å². The summed E-state index contributed by atoms with van der Waals surface area (Å²) in [5, 5.41) is 11.8. The predicted octanol–water partition coefficient (Wildman–Crippen LogP) is 4.39. The molecule has 0 unspecified atom stereocenters. The maximum atomic E-state index is 13.2. The molecule has 0 aliphatic heterocycles. The minimum atomic E-state index is -0.464. The van der Waals surface area contributed by atoms with Crippen LogP contribution in [-0.4, -0.2) is 9.49 Å². The Labute approximate surface area is 124 Å². The largest absolute Gasteiger partial charge is 0.343 e. The van der Waals surface area contributed by atoms with Gasteiger partial charge in [-0.15, -0.1) is 0 Å². The molecule has 0 amide bonds. The summed E-state index contributed by atoms with van der Waals surface area (Å²) in [4.78, 5) is 10.4. The summed E-state index contributed by atoms with van der Waals surface area (Å²) in [5.41, 5.74) is 1.62. The Balaban J connectivity index is 2.01. The maximum Gasteiger partial charge on any atom is 0.271 e. The SMILES string of the molecule is O=[N+]([O-])c1ccc2ccn(Cc3ccc(F)c(Cl)c3)c2c1. The summed E-state index contributed by atoms with van der Waals surface area (Å²) < 4.78 is 15.0. The maximum absolute atomic E-state index is 13.2. The molecule has 6 heteroatoms. The van der Waals surface area contributed by atoms with Crippen LogP contribution in [0, 0.1) is 15.9 Å². The molecule has 1 aromatic heterocycles. The third kappa shape index (κ3) is 2.60. The van der Waals surface area contributed by atoms with Crippen LogP contribution < -0.4 is 0 Å². The quantitative estimate of drug-likeness (QED) is 0.532. The van der Waals surface area contributed by atoms with Crippen molar-refractivity contribution in [3.8, 4) is 0 Å². The third-order valence-corrected chi connectivity index (χ3v) is 3.59. The van der Waals surface area contributed by atoms with Crippen LogP contribution in [0.3, 0.4) is 0 Å². The Morgan fingerprint density at radius 1 is 1.19 bits per heavy atom. The first-order chi connectivity index (χ1) is 10.0. The highest BCUT2D eigenvalue weighted by Gasteiger charge is 2.10. The minimum Gasteiger partial charge on any atom is -0.343 e. The Morgan fingerprint density at radius 3 is 2.71 bits per heavy atom. The van der Waals surface area contributed by atoms with E-state index in [2.05, 4.69) is 0 Å². The number of nitrogens with zero attached hydrogens (tertiary/aromatic N) is 2. The Hall–Kier alpha value is -2.40. The number of hydrogen-bond acceptors (Lipinski definition) is 2. The summed E-state index contributed by atoms with van der Waals surface area (Å²) in [5.74, 6) is -0.464. The number of hydrogen-bond donors (Lipinski definition) is 0. The van der Waals surface area contributed by atoms with Crippen molar-refractivity contribution in [1.29, 1.82) is 0 Å². The second-order valence-electron chi connectivity index (χ2n) is 4.69. The molecule has 4 nitrogen and oxygen atoms in total. The molecule has 0 atom stereocenters. The number of nitro benzene ring substituents is 1. The molecule has 1 heterocycles. The van der Waals surface area contributed by atoms with Crippen molar-refractivity contribution in [2.75, 3.05) is 0 Å². The lowest BCUT2D eigenvalue weighted by Crippen LogP contribution is -1.98. The van der Waals surface area contributed by atoms with Crippen molar-refractivity contribution in [3.05, 3.63) is 75.2 Å². The highest BCUT2D eigenvalue weighted by molar-refractivity contribution is 6.30. The summed E-state index contributed by atoms with van der Waals surface area (Å²) in [7, 11) is 0. The van der Waals surface area contributed by atoms with Gasteiger partial charge in [-0.05, 0) is 29.8 Å². The number of non-ortho nitro benzene ring substituents is 1. The lowest BCUT2D eigenvalue weighted by atomic mass is 10.2. The zero-order valence-electron chi connectivity index (χ0n) is 10.8. The summed E-state index contributed by atoms with van der Waals surface area (Å²) >= 11 is 5.77. The van der Waals surface area contributed by atoms with Gasteiger partial charge in [-0.3, -0.25) is 10.1 Å². The highest BCUT2D eigenvalue weighted by Crippen LogP contribution is 2.23. The lowest BCUT2D eigenvalue weighted by Gasteiger charge is -2.06. The van der Waals surface area contributed by atoms with Crippen LogP contribution in [0.15, 0.2) is 48.7 Å². The van der Waals surface area contributed by atoms with Gasteiger partial charge < -0.3 is 4.57 Å². The van der Waals surface area contributed by atoms with E-state index >= 15 is 0 Å². The van der Waals surface area contributed by atoms with Crippen molar-refractivity contribution in [1.82, 2.24) is 4.57 Å². The fourth-order valence-electron chi connectivity index (χ4n) is 2.26. The van der Waals surface area contributed by atoms with Crippen molar-refractivity contribution < 1.29 is 9.31 Å². The lowest BCUT2D eigenvalue weighted by molar-refractivity contribution is -0.384. The van der Waals surface area contributed by atoms with Crippen molar-refractivity contribution in [3.63, 3.8) is 0 Å². The van der Waals surface area contributed by atoms with Gasteiger partial charge >= 0.3 is 0 Å². The molecule has 0 aliphatic carbocycles. The monoisotopic (exact) mass is 304 g/mol. The van der Waals surface area contributed by atoms with Gasteiger partial charge in [-0.2, -0.15) is 0 Å². The zero-order chi connectivity index (χ0) is 15.0. The number of rotatable bonds is 3. The molecule has 0 saturated heterocycles. The Morgan fingerprint density at radius 2 is 2.00 bits per heavy atom. The minimum absolute atomic E-state index is 0.0413. The van der Waals surface area contributed by atoms with E-state index in [9.17, 15) is 14.5 Å². The van der Waals surface area contributed by atoms with E-state index in [1.165, 1.54) is 18.2 Å². The van der Waals surface area contributed by atoms with Crippen LogP contribution in [0.25, 0.3) is 10.9 Å². The van der Waals surface area contributed by atoms with E-state index in [0.717, 1.165) is 16.5 Å². The standard InChI is InChI=1S/C15H10ClFN2O2/c16-13-7-10(1-4-14(13)17)9-18-6-5-11-2-3-12(19(20)21)8-15(11)18/h1-8H,9H2. The average molecular weight is 305 g/mol. The fraction of sp³-hybridized carbons (Fsp3) is 0.0667. The molecular formula is C15H10ClFN2O2. The topological polar surface area (TPSA) is 48.1 Å². The van der Waals surface area contributed by atoms with Gasteiger partial charge in [0.25, 0.3) is 5.69 Å². The van der Waals surface area contributed by atoms with Crippen LogP contribution >= 0.6 is 11.6 Å². The molecule has 0 spiro atoms. The van der Waals surface area contributed by atoms with Gasteiger partial charge in [0.15, 0.2) is 0 Å². The molecule has 0 N–H and O–H groups in total. The van der Waals surface area contributed by atoms with Crippen LogP contribution in [0.2, 0.25) is 5.02 Å². The van der Waals surface area contributed by atoms with Crippen LogP contribution in [0.4, 0.5) is 10.1 Å². The molecule has 0 bridgehead atoms. The molecule has 106 valence electrons. The van der Waals surface area contributed by atoms with Gasteiger partial charge in [0.2, 0.25) is 0 Å². The van der Waals surface area contributed by atoms with Crippen LogP contribution in [-0.2, 0) is 6.54 Å². The van der Waals surface area contributed by atoms with Gasteiger partial charge in [-0.25, -0.2) is 4.39 Å². The van der Waals surface area contributed by atoms with E-state index in [1.807, 2.05) is 16.8 Å². The molecule has 0 fully saturated rings. The van der Waals surface area contributed by atoms with Gasteiger partial charge in [0.05, 0.1) is 15.5 Å². The number of fused-ring (bicyclic) bond motifs is 1. The third-order valence-electron chi connectivity index (χ3n) is 3.31. The summed E-state index contributed by atoms with van der Waals surface area (Å²) in [6, 6.07) is 11.1.